The minimum absolute atomic E-state index is 0.00215. The number of thiocarbonyl (C=S) groups is 1. The monoisotopic (exact) mass is 568 g/mol. The smallest absolute Gasteiger partial charge is 0.270 e. The maximum absolute atomic E-state index is 14.2. The molecule has 214 valence electrons. The van der Waals surface area contributed by atoms with E-state index in [0.717, 1.165) is 33.4 Å². The van der Waals surface area contributed by atoms with E-state index in [9.17, 15) is 14.7 Å². The molecule has 3 aromatic carbocycles. The van der Waals surface area contributed by atoms with E-state index in [-0.39, 0.29) is 27.3 Å². The van der Waals surface area contributed by atoms with Gasteiger partial charge < -0.3 is 5.11 Å². The summed E-state index contributed by atoms with van der Waals surface area (Å²) >= 11 is 5.86. The van der Waals surface area contributed by atoms with Gasteiger partial charge in [-0.05, 0) is 121 Å². The van der Waals surface area contributed by atoms with E-state index in [1.807, 2.05) is 118 Å². The number of carbonyl (C=O) groups excluding carboxylic acids is 2. The molecule has 41 heavy (non-hydrogen) atoms. The minimum Gasteiger partial charge on any atom is -0.507 e. The molecule has 1 saturated heterocycles. The summed E-state index contributed by atoms with van der Waals surface area (Å²) in [5.41, 5.74) is 6.61. The largest absolute Gasteiger partial charge is 0.507 e. The van der Waals surface area contributed by atoms with E-state index in [1.165, 1.54) is 9.80 Å². The fourth-order valence-electron chi connectivity index (χ4n) is 5.39. The highest BCUT2D eigenvalue weighted by molar-refractivity contribution is 7.81. The first-order valence-electron chi connectivity index (χ1n) is 13.9. The highest BCUT2D eigenvalue weighted by atomic mass is 32.1. The van der Waals surface area contributed by atoms with Crippen molar-refractivity contribution >= 4 is 46.6 Å². The molecular weight excluding hydrogens is 528 g/mol. The molecule has 1 fully saturated rings. The Hall–Kier alpha value is -3.77. The van der Waals surface area contributed by atoms with Gasteiger partial charge in [0.25, 0.3) is 11.8 Å². The number of aryl methyl sites for hydroxylation is 4. The van der Waals surface area contributed by atoms with E-state index < -0.39 is 11.8 Å². The van der Waals surface area contributed by atoms with Crippen LogP contribution in [0.5, 0.6) is 5.75 Å². The lowest BCUT2D eigenvalue weighted by atomic mass is 9.78. The standard InChI is InChI=1S/C35H40N2O3S/c1-20-11-21(2)14-25(13-20)36-31(39)27(32(40)37(33(36)41)26-15-22(3)12-23(4)16-26)17-24-18-28(34(5,6)7)30(38)29(19-24)35(8,9)10/h11-19,38H,1-10H3. The van der Waals surface area contributed by atoms with Gasteiger partial charge in [-0.2, -0.15) is 0 Å². The summed E-state index contributed by atoms with van der Waals surface area (Å²) in [4.78, 5) is 31.3. The van der Waals surface area contributed by atoms with Crippen molar-refractivity contribution in [2.75, 3.05) is 9.80 Å². The summed E-state index contributed by atoms with van der Waals surface area (Å²) in [6.07, 6.45) is 1.64. The van der Waals surface area contributed by atoms with Gasteiger partial charge in [-0.3, -0.25) is 19.4 Å². The van der Waals surface area contributed by atoms with E-state index >= 15 is 0 Å². The van der Waals surface area contributed by atoms with Crippen LogP contribution in [-0.2, 0) is 20.4 Å². The molecule has 0 spiro atoms. The topological polar surface area (TPSA) is 60.9 Å². The van der Waals surface area contributed by atoms with Crippen molar-refractivity contribution in [3.8, 4) is 5.75 Å². The number of carbonyl (C=O) groups is 2. The first kappa shape index (κ1) is 30.2. The number of nitrogens with zero attached hydrogens (tertiary/aromatic N) is 2. The summed E-state index contributed by atoms with van der Waals surface area (Å²) in [7, 11) is 0. The first-order chi connectivity index (χ1) is 18.9. The Bertz CT molecular complexity index is 1470. The SMILES string of the molecule is Cc1cc(C)cc(N2C(=O)C(=Cc3cc(C(C)(C)C)c(O)c(C(C)(C)C)c3)C(=O)N(c3cc(C)cc(C)c3)C2=S)c1. The molecular formula is C35H40N2O3S. The van der Waals surface area contributed by atoms with Gasteiger partial charge in [0.2, 0.25) is 0 Å². The van der Waals surface area contributed by atoms with Crippen LogP contribution in [0.4, 0.5) is 11.4 Å². The molecule has 0 unspecified atom stereocenters. The Morgan fingerprint density at radius 1 is 0.634 bits per heavy atom. The average molecular weight is 569 g/mol. The molecule has 0 saturated carbocycles. The third kappa shape index (κ3) is 5.98. The molecule has 4 rings (SSSR count). The fourth-order valence-corrected chi connectivity index (χ4v) is 5.77. The Balaban J connectivity index is 2.00. The summed E-state index contributed by atoms with van der Waals surface area (Å²) in [5.74, 6) is -0.718. The third-order valence-electron chi connectivity index (χ3n) is 7.24. The van der Waals surface area contributed by atoms with Gasteiger partial charge in [-0.15, -0.1) is 0 Å². The number of hydrogen-bond acceptors (Lipinski definition) is 4. The molecule has 6 heteroatoms. The lowest BCUT2D eigenvalue weighted by molar-refractivity contribution is -0.120. The summed E-state index contributed by atoms with van der Waals surface area (Å²) in [6.45, 7) is 20.1. The zero-order valence-corrected chi connectivity index (χ0v) is 26.6. The summed E-state index contributed by atoms with van der Waals surface area (Å²) in [5, 5.41) is 11.3. The van der Waals surface area contributed by atoms with Gasteiger partial charge in [0.15, 0.2) is 5.11 Å². The number of rotatable bonds is 3. The van der Waals surface area contributed by atoms with Crippen LogP contribution in [0.25, 0.3) is 6.08 Å². The van der Waals surface area contributed by atoms with Gasteiger partial charge in [0.1, 0.15) is 11.3 Å². The Labute approximate surface area is 249 Å². The van der Waals surface area contributed by atoms with Gasteiger partial charge in [0.05, 0.1) is 11.4 Å². The lowest BCUT2D eigenvalue weighted by Crippen LogP contribution is -2.57. The zero-order valence-electron chi connectivity index (χ0n) is 25.8. The van der Waals surface area contributed by atoms with Crippen LogP contribution in [0.15, 0.2) is 54.1 Å². The Morgan fingerprint density at radius 3 is 1.29 bits per heavy atom. The fraction of sp³-hybridized carbons (Fsp3) is 0.343. The second-order valence-corrected chi connectivity index (χ2v) is 13.6. The zero-order chi connectivity index (χ0) is 30.6. The molecule has 0 bridgehead atoms. The first-order valence-corrected chi connectivity index (χ1v) is 14.3. The molecule has 0 aromatic heterocycles. The predicted molar refractivity (Wildman–Crippen MR) is 173 cm³/mol. The number of hydrogen-bond donors (Lipinski definition) is 1. The Kier molecular flexibility index (Phi) is 7.78. The highest BCUT2D eigenvalue weighted by Gasteiger charge is 2.41. The molecule has 1 aliphatic heterocycles. The third-order valence-corrected chi connectivity index (χ3v) is 7.60. The van der Waals surface area contributed by atoms with Crippen molar-refractivity contribution in [3.63, 3.8) is 0 Å². The molecule has 1 N–H and O–H groups in total. The summed E-state index contributed by atoms with van der Waals surface area (Å²) in [6, 6.07) is 15.4. The van der Waals surface area contributed by atoms with Gasteiger partial charge in [-0.25, -0.2) is 0 Å². The maximum Gasteiger partial charge on any atom is 0.270 e. The van der Waals surface area contributed by atoms with Crippen molar-refractivity contribution in [3.05, 3.63) is 93.0 Å². The Morgan fingerprint density at radius 2 is 0.976 bits per heavy atom. The van der Waals surface area contributed by atoms with Crippen molar-refractivity contribution in [2.45, 2.75) is 80.1 Å². The number of anilines is 2. The second-order valence-electron chi connectivity index (χ2n) is 13.3. The van der Waals surface area contributed by atoms with E-state index in [2.05, 4.69) is 0 Å². The van der Waals surface area contributed by atoms with Crippen LogP contribution < -0.4 is 9.80 Å². The molecule has 5 nitrogen and oxygen atoms in total. The molecule has 1 heterocycles. The van der Waals surface area contributed by atoms with E-state index in [0.29, 0.717) is 16.9 Å². The maximum atomic E-state index is 14.2. The summed E-state index contributed by atoms with van der Waals surface area (Å²) < 4.78 is 0. The van der Waals surface area contributed by atoms with Crippen molar-refractivity contribution < 1.29 is 14.7 Å². The van der Waals surface area contributed by atoms with Gasteiger partial charge in [0, 0.05) is 11.1 Å². The van der Waals surface area contributed by atoms with Gasteiger partial charge >= 0.3 is 0 Å². The lowest BCUT2D eigenvalue weighted by Gasteiger charge is -2.37. The molecule has 1 aliphatic rings. The van der Waals surface area contributed by atoms with Crippen molar-refractivity contribution in [1.82, 2.24) is 0 Å². The predicted octanol–water partition coefficient (Wildman–Crippen LogP) is 7.97. The van der Waals surface area contributed by atoms with Crippen LogP contribution >= 0.6 is 12.2 Å². The van der Waals surface area contributed by atoms with Gasteiger partial charge in [-0.1, -0.05) is 53.7 Å². The van der Waals surface area contributed by atoms with E-state index in [4.69, 9.17) is 12.2 Å². The molecule has 3 aromatic rings. The van der Waals surface area contributed by atoms with E-state index in [1.54, 1.807) is 6.08 Å². The molecule has 0 atom stereocenters. The number of aromatic hydroxyl groups is 1. The number of phenols is 1. The molecule has 2 amide bonds. The average Bonchev–Trinajstić information content (AvgIpc) is 2.80. The van der Waals surface area contributed by atoms with Crippen molar-refractivity contribution in [2.24, 2.45) is 0 Å². The highest BCUT2D eigenvalue weighted by Crippen LogP contribution is 2.41. The van der Waals surface area contributed by atoms with Crippen LogP contribution in [0, 0.1) is 27.7 Å². The molecule has 0 radical (unpaired) electrons. The van der Waals surface area contributed by atoms with Crippen LogP contribution in [0.3, 0.4) is 0 Å². The molecule has 0 aliphatic carbocycles. The van der Waals surface area contributed by atoms with Crippen LogP contribution in [0.1, 0.15) is 80.5 Å². The quantitative estimate of drug-likeness (QED) is 0.198. The van der Waals surface area contributed by atoms with Crippen LogP contribution in [-0.4, -0.2) is 22.0 Å². The number of amides is 2. The number of benzene rings is 3. The van der Waals surface area contributed by atoms with Crippen molar-refractivity contribution in [1.29, 1.82) is 0 Å². The normalized spacial score (nSPS) is 14.7. The van der Waals surface area contributed by atoms with Crippen LogP contribution in [0.2, 0.25) is 0 Å². The second kappa shape index (κ2) is 10.6. The minimum atomic E-state index is -0.478. The number of phenolic OH excluding ortho intramolecular Hbond substituents is 1.